The zero-order valence-corrected chi connectivity index (χ0v) is 7.68. The fourth-order valence-electron chi connectivity index (χ4n) is 0.338. The molecule has 0 aliphatic rings. The molecule has 0 rings (SSSR count). The zero-order valence-electron chi connectivity index (χ0n) is 6.79. The summed E-state index contributed by atoms with van der Waals surface area (Å²) in [5.41, 5.74) is -6.81. The number of hydrogen-bond donors (Lipinski definition) is 1. The van der Waals surface area contributed by atoms with Gasteiger partial charge in [0.05, 0.1) is 0 Å². The van der Waals surface area contributed by atoms with Gasteiger partial charge >= 0.3 is 17.8 Å². The summed E-state index contributed by atoms with van der Waals surface area (Å²) in [5.74, 6) is -6.97. The molecule has 4 N–H and O–H groups in total. The van der Waals surface area contributed by atoms with Crippen LogP contribution < -0.4 is 11.0 Å². The molecule has 0 saturated heterocycles. The summed E-state index contributed by atoms with van der Waals surface area (Å²) in [6.45, 7) is 0. The van der Waals surface area contributed by atoms with Crippen LogP contribution in [-0.2, 0) is 4.57 Å². The van der Waals surface area contributed by atoms with E-state index in [1.807, 2.05) is 0 Å². The van der Waals surface area contributed by atoms with E-state index in [-0.39, 0.29) is 6.15 Å². The molecule has 15 heavy (non-hydrogen) atoms. The van der Waals surface area contributed by atoms with Gasteiger partial charge in [-0.2, -0.15) is 34.9 Å². The molecule has 0 saturated carbocycles. The van der Waals surface area contributed by atoms with Crippen LogP contribution in [0.4, 0.5) is 34.9 Å². The van der Waals surface area contributed by atoms with Crippen molar-refractivity contribution in [3.05, 3.63) is 0 Å². The van der Waals surface area contributed by atoms with E-state index in [1.54, 1.807) is 0 Å². The lowest BCUT2D eigenvalue weighted by Crippen LogP contribution is -2.52. The quantitative estimate of drug-likeness (QED) is 0.618. The summed E-state index contributed by atoms with van der Waals surface area (Å²) < 4.78 is 101. The van der Waals surface area contributed by atoms with Gasteiger partial charge in [-0.05, 0) is 0 Å². The molecule has 0 aromatic rings. The van der Waals surface area contributed by atoms with Crippen molar-refractivity contribution >= 4 is 7.68 Å². The number of rotatable bonds is 2. The lowest BCUT2D eigenvalue weighted by molar-refractivity contribution is -0.346. The van der Waals surface area contributed by atoms with Crippen molar-refractivity contribution in [3.8, 4) is 0 Å². The Hall–Kier alpha value is -0.410. The maximum absolute atomic E-state index is 11.8. The van der Waals surface area contributed by atoms with Gasteiger partial charge in [0.25, 0.3) is 7.68 Å². The van der Waals surface area contributed by atoms with Crippen molar-refractivity contribution < 1.29 is 44.4 Å². The standard InChI is InChI=1S/C3HF8O2P.H3N/c4-1(5,2(6,7)8)3(9,10)14(11,12)13;/h(H,12,13);1H3. The average Bonchev–Trinajstić information content (AvgIpc) is 1.81. The van der Waals surface area contributed by atoms with E-state index >= 15 is 0 Å². The third kappa shape index (κ3) is 2.58. The van der Waals surface area contributed by atoms with Crippen LogP contribution in [0.3, 0.4) is 0 Å². The van der Waals surface area contributed by atoms with Crippen LogP contribution in [-0.4, -0.2) is 17.8 Å². The van der Waals surface area contributed by atoms with Crippen molar-refractivity contribution in [1.82, 2.24) is 6.15 Å². The predicted molar refractivity (Wildman–Crippen MR) is 30.6 cm³/mol. The SMILES string of the molecule is O=P([O-])(F)C(F)(F)C(F)(F)C(F)(F)F.[NH4+]. The van der Waals surface area contributed by atoms with Crippen molar-refractivity contribution in [2.45, 2.75) is 17.8 Å². The number of quaternary nitrogens is 1. The van der Waals surface area contributed by atoms with Crippen LogP contribution in [0.15, 0.2) is 0 Å². The summed E-state index contributed by atoms with van der Waals surface area (Å²) in [7, 11) is -7.64. The van der Waals surface area contributed by atoms with Crippen LogP contribution in [0.25, 0.3) is 0 Å². The van der Waals surface area contributed by atoms with Crippen molar-refractivity contribution in [2.75, 3.05) is 0 Å². The molecule has 0 aliphatic heterocycles. The molecule has 12 heteroatoms. The average molecular weight is 269 g/mol. The summed E-state index contributed by atoms with van der Waals surface area (Å²) >= 11 is 0. The van der Waals surface area contributed by atoms with Crippen LogP contribution in [0.5, 0.6) is 0 Å². The Morgan fingerprint density at radius 2 is 1.20 bits per heavy atom. The largest absolute Gasteiger partial charge is 0.770 e. The highest BCUT2D eigenvalue weighted by molar-refractivity contribution is 7.52. The highest BCUT2D eigenvalue weighted by Gasteiger charge is 2.77. The number of halogens is 8. The van der Waals surface area contributed by atoms with Gasteiger partial charge in [-0.3, -0.25) is 4.57 Å². The van der Waals surface area contributed by atoms with Gasteiger partial charge in [0.2, 0.25) is 0 Å². The van der Waals surface area contributed by atoms with Gasteiger partial charge in [-0.15, -0.1) is 0 Å². The van der Waals surface area contributed by atoms with E-state index in [2.05, 4.69) is 0 Å². The minimum Gasteiger partial charge on any atom is -0.770 e. The van der Waals surface area contributed by atoms with E-state index in [9.17, 15) is 44.4 Å². The molecule has 0 aliphatic carbocycles. The Morgan fingerprint density at radius 3 is 1.27 bits per heavy atom. The Balaban J connectivity index is 0. The highest BCUT2D eigenvalue weighted by atomic mass is 31.2. The first-order valence-corrected chi connectivity index (χ1v) is 4.10. The normalized spacial score (nSPS) is 17.9. The topological polar surface area (TPSA) is 76.6 Å². The Kier molecular flexibility index (Phi) is 4.39. The van der Waals surface area contributed by atoms with Gasteiger partial charge < -0.3 is 11.0 Å². The minimum absolute atomic E-state index is 0. The van der Waals surface area contributed by atoms with Crippen molar-refractivity contribution in [1.29, 1.82) is 0 Å². The van der Waals surface area contributed by atoms with Crippen LogP contribution >= 0.6 is 7.68 Å². The van der Waals surface area contributed by atoms with Crippen LogP contribution in [0.2, 0.25) is 0 Å². The second-order valence-corrected chi connectivity index (χ2v) is 3.61. The molecule has 0 fully saturated rings. The molecular weight excluding hydrogens is 265 g/mol. The molecule has 1 unspecified atom stereocenters. The second kappa shape index (κ2) is 3.87. The molecule has 0 heterocycles. The van der Waals surface area contributed by atoms with E-state index in [0.29, 0.717) is 0 Å². The number of alkyl halides is 7. The molecule has 3 nitrogen and oxygen atoms in total. The van der Waals surface area contributed by atoms with Crippen molar-refractivity contribution in [2.24, 2.45) is 0 Å². The van der Waals surface area contributed by atoms with Crippen molar-refractivity contribution in [3.63, 3.8) is 0 Å². The Bertz CT molecular complexity index is 268. The smallest absolute Gasteiger partial charge is 0.460 e. The fraction of sp³-hybridized carbons (Fsp3) is 1.00. The van der Waals surface area contributed by atoms with Gasteiger partial charge in [0.15, 0.2) is 0 Å². The van der Waals surface area contributed by atoms with Crippen LogP contribution in [0, 0.1) is 0 Å². The lowest BCUT2D eigenvalue weighted by atomic mass is 10.3. The molecular formula is C3H4F8NO2P. The summed E-state index contributed by atoms with van der Waals surface area (Å²) in [5, 5.41) is 0. The predicted octanol–water partition coefficient (Wildman–Crippen LogP) is 2.68. The summed E-state index contributed by atoms with van der Waals surface area (Å²) in [4.78, 5) is 9.38. The van der Waals surface area contributed by atoms with Crippen LogP contribution in [0.1, 0.15) is 0 Å². The zero-order chi connectivity index (χ0) is 12.0. The molecule has 0 spiro atoms. The lowest BCUT2D eigenvalue weighted by Gasteiger charge is -2.32. The first-order chi connectivity index (χ1) is 5.75. The molecule has 0 aromatic heterocycles. The van der Waals surface area contributed by atoms with Gasteiger partial charge in [-0.25, -0.2) is 0 Å². The van der Waals surface area contributed by atoms with E-state index in [1.165, 1.54) is 0 Å². The summed E-state index contributed by atoms with van der Waals surface area (Å²) in [6, 6.07) is 0. The minimum atomic E-state index is -7.64. The number of hydrogen-bond acceptors (Lipinski definition) is 2. The fourth-order valence-corrected chi connectivity index (χ4v) is 0.800. The molecule has 0 radical (unpaired) electrons. The molecule has 0 amide bonds. The Morgan fingerprint density at radius 1 is 0.933 bits per heavy atom. The third-order valence-electron chi connectivity index (χ3n) is 1.07. The van der Waals surface area contributed by atoms with E-state index in [0.717, 1.165) is 0 Å². The van der Waals surface area contributed by atoms with Gasteiger partial charge in [0.1, 0.15) is 0 Å². The van der Waals surface area contributed by atoms with E-state index in [4.69, 9.17) is 0 Å². The maximum Gasteiger partial charge on any atom is 0.460 e. The molecule has 0 bridgehead atoms. The van der Waals surface area contributed by atoms with E-state index < -0.39 is 25.4 Å². The first kappa shape index (κ1) is 17.0. The second-order valence-electron chi connectivity index (χ2n) is 2.09. The molecule has 94 valence electrons. The molecule has 1 atom stereocenters. The summed E-state index contributed by atoms with van der Waals surface area (Å²) in [6.07, 6.45) is -6.86. The third-order valence-corrected chi connectivity index (χ3v) is 2.02. The van der Waals surface area contributed by atoms with Gasteiger partial charge in [0, 0.05) is 0 Å². The first-order valence-electron chi connectivity index (χ1n) is 2.58. The highest BCUT2D eigenvalue weighted by Crippen LogP contribution is 2.64. The van der Waals surface area contributed by atoms with Gasteiger partial charge in [-0.1, -0.05) is 0 Å². The monoisotopic (exact) mass is 269 g/mol. The molecule has 0 aromatic carbocycles. The Labute approximate surface area is 77.2 Å². The maximum atomic E-state index is 11.8.